The summed E-state index contributed by atoms with van der Waals surface area (Å²) in [6.45, 7) is 2.72. The lowest BCUT2D eigenvalue weighted by atomic mass is 9.93. The van der Waals surface area contributed by atoms with Gasteiger partial charge in [0.05, 0.1) is 0 Å². The van der Waals surface area contributed by atoms with Crippen LogP contribution < -0.4 is 4.74 Å². The third-order valence-corrected chi connectivity index (χ3v) is 6.99. The second-order valence-corrected chi connectivity index (χ2v) is 9.21. The van der Waals surface area contributed by atoms with E-state index >= 15 is 0 Å². The molecular weight excluding hydrogens is 366 g/mol. The molecule has 0 saturated heterocycles. The van der Waals surface area contributed by atoms with E-state index in [1.165, 1.54) is 35.2 Å². The number of unbranched alkanes of at least 4 members (excludes halogenated alkanes) is 1. The van der Waals surface area contributed by atoms with E-state index in [1.54, 1.807) is 0 Å². The van der Waals surface area contributed by atoms with Gasteiger partial charge in [0.1, 0.15) is 23.3 Å². The Hall–Kier alpha value is -1.94. The van der Waals surface area contributed by atoms with Crippen LogP contribution in [0.2, 0.25) is 0 Å². The average molecular weight is 396 g/mol. The maximum absolute atomic E-state index is 12.4. The van der Waals surface area contributed by atoms with Gasteiger partial charge >= 0.3 is 0 Å². The normalized spacial score (nSPS) is 23.2. The number of rotatable bonds is 7. The molecule has 3 nitrogen and oxygen atoms in total. The monoisotopic (exact) mass is 395 g/mol. The summed E-state index contributed by atoms with van der Waals surface area (Å²) < 4.78 is 23.1. The van der Waals surface area contributed by atoms with Gasteiger partial charge in [-0.15, -0.1) is 0 Å². The molecule has 1 fully saturated rings. The zero-order valence-corrected chi connectivity index (χ0v) is 17.4. The van der Waals surface area contributed by atoms with Crippen molar-refractivity contribution < 1.29 is 8.95 Å². The van der Waals surface area contributed by atoms with Crippen molar-refractivity contribution in [2.45, 2.75) is 52.1 Å². The third kappa shape index (κ3) is 4.54. The minimum Gasteiger partial charge on any atom is -0.489 e. The molecule has 0 heterocycles. The van der Waals surface area contributed by atoms with Crippen LogP contribution in [-0.4, -0.2) is 15.7 Å². The van der Waals surface area contributed by atoms with Crippen molar-refractivity contribution in [2.75, 3.05) is 5.75 Å². The molecule has 2 aliphatic carbocycles. The fraction of sp³-hybridized carbons (Fsp3) is 0.458. The molecule has 0 N–H and O–H groups in total. The average Bonchev–Trinajstić information content (AvgIpc) is 2.99. The van der Waals surface area contributed by atoms with Gasteiger partial charge in [0, 0.05) is 23.3 Å². The highest BCUT2D eigenvalue weighted by Gasteiger charge is 2.36. The SMILES string of the molecule is CCCCS(=O)N=C1[C@@H]2CC[C@H]1Cc1ccc(OCc3ccccc3)cc1C2. The van der Waals surface area contributed by atoms with Crippen LogP contribution in [0.25, 0.3) is 0 Å². The fourth-order valence-electron chi connectivity index (χ4n) is 4.38. The van der Waals surface area contributed by atoms with Crippen LogP contribution in [0.1, 0.15) is 49.3 Å². The Bertz CT molecular complexity index is 862. The lowest BCUT2D eigenvalue weighted by Crippen LogP contribution is -2.16. The predicted octanol–water partition coefficient (Wildman–Crippen LogP) is 5.30. The van der Waals surface area contributed by atoms with Crippen LogP contribution >= 0.6 is 0 Å². The number of hydrogen-bond donors (Lipinski definition) is 0. The molecule has 1 unspecified atom stereocenters. The van der Waals surface area contributed by atoms with Crippen molar-refractivity contribution in [2.24, 2.45) is 16.2 Å². The van der Waals surface area contributed by atoms with E-state index in [-0.39, 0.29) is 0 Å². The van der Waals surface area contributed by atoms with E-state index in [2.05, 4.69) is 37.3 Å². The molecule has 3 atom stereocenters. The van der Waals surface area contributed by atoms with Gasteiger partial charge in [-0.05, 0) is 60.9 Å². The molecule has 148 valence electrons. The molecule has 4 heteroatoms. The lowest BCUT2D eigenvalue weighted by Gasteiger charge is -2.14. The van der Waals surface area contributed by atoms with Crippen LogP contribution in [0, 0.1) is 11.8 Å². The highest BCUT2D eigenvalue weighted by Crippen LogP contribution is 2.39. The van der Waals surface area contributed by atoms with Crippen molar-refractivity contribution in [3.8, 4) is 5.75 Å². The van der Waals surface area contributed by atoms with E-state index in [0.29, 0.717) is 24.2 Å². The summed E-state index contributed by atoms with van der Waals surface area (Å²) >= 11 is 0. The first-order valence-electron chi connectivity index (χ1n) is 10.5. The second-order valence-electron chi connectivity index (χ2n) is 7.98. The summed E-state index contributed by atoms with van der Waals surface area (Å²) in [6, 6.07) is 16.8. The minimum absolute atomic E-state index is 0.446. The molecule has 0 radical (unpaired) electrons. The second kappa shape index (κ2) is 9.04. The number of hydrogen-bond acceptors (Lipinski definition) is 2. The number of benzene rings is 2. The molecule has 2 aromatic rings. The molecule has 2 aliphatic rings. The van der Waals surface area contributed by atoms with E-state index < -0.39 is 11.0 Å². The van der Waals surface area contributed by atoms with Gasteiger partial charge in [-0.3, -0.25) is 0 Å². The molecule has 0 aromatic heterocycles. The maximum Gasteiger partial charge on any atom is 0.139 e. The van der Waals surface area contributed by atoms with Gasteiger partial charge in [0.2, 0.25) is 0 Å². The summed E-state index contributed by atoms with van der Waals surface area (Å²) in [5.74, 6) is 2.55. The minimum atomic E-state index is -1.06. The molecule has 0 aliphatic heterocycles. The maximum atomic E-state index is 12.4. The van der Waals surface area contributed by atoms with Crippen molar-refractivity contribution in [1.82, 2.24) is 0 Å². The summed E-state index contributed by atoms with van der Waals surface area (Å²) in [7, 11) is -1.06. The third-order valence-electron chi connectivity index (χ3n) is 5.94. The number of fused-ring (bicyclic) bond motifs is 3. The topological polar surface area (TPSA) is 38.7 Å². The summed E-state index contributed by atoms with van der Waals surface area (Å²) in [6.07, 6.45) is 6.43. The Morgan fingerprint density at radius 1 is 1.04 bits per heavy atom. The van der Waals surface area contributed by atoms with Gasteiger partial charge in [-0.1, -0.05) is 49.7 Å². The van der Waals surface area contributed by atoms with E-state index in [0.717, 1.165) is 31.4 Å². The van der Waals surface area contributed by atoms with Crippen molar-refractivity contribution in [3.63, 3.8) is 0 Å². The Kier molecular flexibility index (Phi) is 6.26. The Morgan fingerprint density at radius 3 is 2.54 bits per heavy atom. The summed E-state index contributed by atoms with van der Waals surface area (Å²) in [4.78, 5) is 0. The molecule has 2 aromatic carbocycles. The Labute approximate surface area is 170 Å². The highest BCUT2D eigenvalue weighted by atomic mass is 32.2. The first-order valence-corrected chi connectivity index (χ1v) is 11.8. The molecule has 4 rings (SSSR count). The first-order chi connectivity index (χ1) is 13.7. The summed E-state index contributed by atoms with van der Waals surface area (Å²) in [5.41, 5.74) is 5.19. The van der Waals surface area contributed by atoms with Gasteiger partial charge in [0.25, 0.3) is 0 Å². The van der Waals surface area contributed by atoms with Gasteiger partial charge in [0.15, 0.2) is 0 Å². The van der Waals surface area contributed by atoms with Crippen LogP contribution in [0.5, 0.6) is 5.75 Å². The number of ether oxygens (including phenoxy) is 1. The molecule has 0 spiro atoms. The standard InChI is InChI=1S/C24H29NO2S/c1-2-3-13-28(26)25-24-20-9-10-21(24)15-22-16-23(12-11-19(22)14-20)27-17-18-7-5-4-6-8-18/h4-8,11-12,16,20-21H,2-3,9-10,13-15,17H2,1H3/t20-,21+,28?/m0/s1. The van der Waals surface area contributed by atoms with Crippen LogP contribution in [0.4, 0.5) is 0 Å². The molecular formula is C24H29NO2S. The van der Waals surface area contributed by atoms with Crippen LogP contribution in [0.3, 0.4) is 0 Å². The molecule has 1 saturated carbocycles. The van der Waals surface area contributed by atoms with Gasteiger partial charge in [-0.2, -0.15) is 4.40 Å². The van der Waals surface area contributed by atoms with Crippen molar-refractivity contribution in [3.05, 3.63) is 65.2 Å². The molecule has 0 amide bonds. The first kappa shape index (κ1) is 19.4. The smallest absolute Gasteiger partial charge is 0.139 e. The zero-order valence-electron chi connectivity index (χ0n) is 16.6. The van der Waals surface area contributed by atoms with Gasteiger partial charge in [-0.25, -0.2) is 4.21 Å². The zero-order chi connectivity index (χ0) is 19.3. The van der Waals surface area contributed by atoms with E-state index in [1.807, 2.05) is 18.2 Å². The predicted molar refractivity (Wildman–Crippen MR) is 116 cm³/mol. The Balaban J connectivity index is 1.48. The number of nitrogens with zero attached hydrogens (tertiary/aromatic N) is 1. The highest BCUT2D eigenvalue weighted by molar-refractivity contribution is 7.83. The van der Waals surface area contributed by atoms with E-state index in [9.17, 15) is 4.21 Å². The van der Waals surface area contributed by atoms with E-state index in [4.69, 9.17) is 9.13 Å². The van der Waals surface area contributed by atoms with Crippen molar-refractivity contribution in [1.29, 1.82) is 0 Å². The quantitative estimate of drug-likeness (QED) is 0.638. The molecule has 2 bridgehead atoms. The lowest BCUT2D eigenvalue weighted by molar-refractivity contribution is 0.305. The molecule has 28 heavy (non-hydrogen) atoms. The Morgan fingerprint density at radius 2 is 1.79 bits per heavy atom. The van der Waals surface area contributed by atoms with Gasteiger partial charge < -0.3 is 4.74 Å². The largest absolute Gasteiger partial charge is 0.489 e. The van der Waals surface area contributed by atoms with Crippen molar-refractivity contribution >= 4 is 16.7 Å². The van der Waals surface area contributed by atoms with Crippen LogP contribution in [0.15, 0.2) is 52.9 Å². The summed E-state index contributed by atoms with van der Waals surface area (Å²) in [5, 5.41) is 0. The fourth-order valence-corrected chi connectivity index (χ4v) is 5.54. The van der Waals surface area contributed by atoms with Crippen LogP contribution in [-0.2, 0) is 30.4 Å².